The average Bonchev–Trinajstić information content (AvgIpc) is 3.09. The number of sulfonamides is 1. The van der Waals surface area contributed by atoms with E-state index in [2.05, 4.69) is 4.90 Å². The molecule has 3 rings (SSSR count). The van der Waals surface area contributed by atoms with E-state index in [1.54, 1.807) is 7.11 Å². The lowest BCUT2D eigenvalue weighted by atomic mass is 9.85. The summed E-state index contributed by atoms with van der Waals surface area (Å²) in [6.45, 7) is 2.62. The predicted octanol–water partition coefficient (Wildman–Crippen LogP) is 1.83. The molecule has 0 amide bonds. The summed E-state index contributed by atoms with van der Waals surface area (Å²) in [4.78, 5) is 2.61. The number of piperidine rings is 1. The zero-order chi connectivity index (χ0) is 15.8. The van der Waals surface area contributed by atoms with Gasteiger partial charge in [-0.25, -0.2) is 8.42 Å². The third-order valence-electron chi connectivity index (χ3n) is 6.03. The van der Waals surface area contributed by atoms with Crippen LogP contribution in [-0.4, -0.2) is 68.3 Å². The Kier molecular flexibility index (Phi) is 4.84. The summed E-state index contributed by atoms with van der Waals surface area (Å²) in [7, 11) is -1.52. The first kappa shape index (κ1) is 16.7. The van der Waals surface area contributed by atoms with Crippen LogP contribution in [-0.2, 0) is 14.8 Å². The van der Waals surface area contributed by atoms with Gasteiger partial charge in [0, 0.05) is 37.8 Å². The van der Waals surface area contributed by atoms with Gasteiger partial charge in [-0.3, -0.25) is 0 Å². The van der Waals surface area contributed by atoms with Gasteiger partial charge in [-0.2, -0.15) is 4.31 Å². The standard InChI is InChI=1S/C16H30N2O3S/c1-21-13-15-7-8-16(18(15)22(2,19)20)9-11-17(12-10-16)14-5-3-4-6-14/h14-15H,3-13H2,1-2H3/t15-/m0/s1. The summed E-state index contributed by atoms with van der Waals surface area (Å²) >= 11 is 0. The van der Waals surface area contributed by atoms with Crippen molar-refractivity contribution < 1.29 is 13.2 Å². The fourth-order valence-electron chi connectivity index (χ4n) is 5.06. The maximum Gasteiger partial charge on any atom is 0.212 e. The van der Waals surface area contributed by atoms with E-state index in [1.807, 2.05) is 4.31 Å². The summed E-state index contributed by atoms with van der Waals surface area (Å²) in [5.74, 6) is 0. The lowest BCUT2D eigenvalue weighted by Crippen LogP contribution is -2.57. The number of methoxy groups -OCH3 is 1. The first-order valence-electron chi connectivity index (χ1n) is 8.69. The Labute approximate surface area is 135 Å². The van der Waals surface area contributed by atoms with Gasteiger partial charge in [0.25, 0.3) is 0 Å². The molecule has 1 saturated carbocycles. The summed E-state index contributed by atoms with van der Waals surface area (Å²) in [6, 6.07) is 0.776. The molecule has 0 N–H and O–H groups in total. The number of nitrogens with zero attached hydrogens (tertiary/aromatic N) is 2. The first-order chi connectivity index (χ1) is 10.5. The fourth-order valence-corrected chi connectivity index (χ4v) is 6.75. The average molecular weight is 330 g/mol. The quantitative estimate of drug-likeness (QED) is 0.789. The molecule has 6 heteroatoms. The Morgan fingerprint density at radius 3 is 2.27 bits per heavy atom. The molecule has 1 atom stereocenters. The van der Waals surface area contributed by atoms with Crippen molar-refractivity contribution in [2.45, 2.75) is 69.0 Å². The van der Waals surface area contributed by atoms with Crippen LogP contribution < -0.4 is 0 Å². The molecule has 1 spiro atoms. The highest BCUT2D eigenvalue weighted by Gasteiger charge is 2.52. The molecule has 22 heavy (non-hydrogen) atoms. The SMILES string of the molecule is COC[C@@H]1CCC2(CCN(C3CCCC3)CC2)N1S(C)(=O)=O. The molecule has 0 bridgehead atoms. The van der Waals surface area contributed by atoms with Crippen LogP contribution in [0.1, 0.15) is 51.4 Å². The zero-order valence-corrected chi connectivity index (χ0v) is 14.8. The van der Waals surface area contributed by atoms with Crippen LogP contribution in [0.4, 0.5) is 0 Å². The predicted molar refractivity (Wildman–Crippen MR) is 87.4 cm³/mol. The monoisotopic (exact) mass is 330 g/mol. The van der Waals surface area contributed by atoms with Gasteiger partial charge in [0.1, 0.15) is 0 Å². The van der Waals surface area contributed by atoms with Crippen LogP contribution in [0.5, 0.6) is 0 Å². The molecule has 0 aromatic carbocycles. The molecule has 2 heterocycles. The number of hydrogen-bond acceptors (Lipinski definition) is 4. The van der Waals surface area contributed by atoms with E-state index in [1.165, 1.54) is 31.9 Å². The van der Waals surface area contributed by atoms with Gasteiger partial charge in [0.15, 0.2) is 0 Å². The second-order valence-electron chi connectivity index (χ2n) is 7.41. The van der Waals surface area contributed by atoms with E-state index < -0.39 is 10.0 Å². The topological polar surface area (TPSA) is 49.9 Å². The minimum atomic E-state index is -3.18. The maximum atomic E-state index is 12.4. The molecular formula is C16H30N2O3S. The molecule has 3 aliphatic rings. The van der Waals surface area contributed by atoms with E-state index in [0.717, 1.165) is 44.8 Å². The van der Waals surface area contributed by atoms with Crippen LogP contribution in [0.25, 0.3) is 0 Å². The normalized spacial score (nSPS) is 31.3. The highest BCUT2D eigenvalue weighted by atomic mass is 32.2. The Morgan fingerprint density at radius 1 is 1.09 bits per heavy atom. The summed E-state index contributed by atoms with van der Waals surface area (Å²) in [6.07, 6.45) is 10.6. The Hall–Kier alpha value is -0.170. The second-order valence-corrected chi connectivity index (χ2v) is 9.26. The van der Waals surface area contributed by atoms with Crippen molar-refractivity contribution in [1.29, 1.82) is 0 Å². The van der Waals surface area contributed by atoms with Gasteiger partial charge in [0.2, 0.25) is 10.0 Å². The molecule has 0 aromatic rings. The maximum absolute atomic E-state index is 12.4. The number of hydrogen-bond donors (Lipinski definition) is 0. The molecule has 0 unspecified atom stereocenters. The number of likely N-dealkylation sites (tertiary alicyclic amines) is 1. The Balaban J connectivity index is 1.72. The number of rotatable bonds is 4. The van der Waals surface area contributed by atoms with Crippen molar-refractivity contribution in [1.82, 2.24) is 9.21 Å². The largest absolute Gasteiger partial charge is 0.383 e. The van der Waals surface area contributed by atoms with Crippen LogP contribution in [0.2, 0.25) is 0 Å². The molecule has 2 saturated heterocycles. The highest BCUT2D eigenvalue weighted by Crippen LogP contribution is 2.44. The van der Waals surface area contributed by atoms with Crippen LogP contribution in [0, 0.1) is 0 Å². The molecular weight excluding hydrogens is 300 g/mol. The van der Waals surface area contributed by atoms with Crippen molar-refractivity contribution >= 4 is 10.0 Å². The van der Waals surface area contributed by atoms with Gasteiger partial charge in [-0.05, 0) is 38.5 Å². The van der Waals surface area contributed by atoms with Crippen molar-refractivity contribution in [2.75, 3.05) is 33.1 Å². The van der Waals surface area contributed by atoms with Crippen molar-refractivity contribution in [2.24, 2.45) is 0 Å². The Morgan fingerprint density at radius 2 is 1.73 bits per heavy atom. The second kappa shape index (κ2) is 6.38. The molecule has 128 valence electrons. The van der Waals surface area contributed by atoms with Gasteiger partial charge in [0.05, 0.1) is 12.9 Å². The van der Waals surface area contributed by atoms with E-state index in [9.17, 15) is 8.42 Å². The van der Waals surface area contributed by atoms with Crippen LogP contribution >= 0.6 is 0 Å². The highest BCUT2D eigenvalue weighted by molar-refractivity contribution is 7.88. The summed E-state index contributed by atoms with van der Waals surface area (Å²) in [5.41, 5.74) is -0.147. The van der Waals surface area contributed by atoms with E-state index in [0.29, 0.717) is 6.61 Å². The third-order valence-corrected chi connectivity index (χ3v) is 7.43. The van der Waals surface area contributed by atoms with Crippen LogP contribution in [0.15, 0.2) is 0 Å². The summed E-state index contributed by atoms with van der Waals surface area (Å²) in [5, 5.41) is 0. The molecule has 2 aliphatic heterocycles. The van der Waals surface area contributed by atoms with Crippen molar-refractivity contribution in [3.05, 3.63) is 0 Å². The zero-order valence-electron chi connectivity index (χ0n) is 14.0. The van der Waals surface area contributed by atoms with Gasteiger partial charge >= 0.3 is 0 Å². The number of ether oxygens (including phenoxy) is 1. The lowest BCUT2D eigenvalue weighted by molar-refractivity contribution is 0.0524. The smallest absolute Gasteiger partial charge is 0.212 e. The van der Waals surface area contributed by atoms with Gasteiger partial charge in [-0.1, -0.05) is 12.8 Å². The molecule has 5 nitrogen and oxygen atoms in total. The molecule has 0 radical (unpaired) electrons. The van der Waals surface area contributed by atoms with Gasteiger partial charge < -0.3 is 9.64 Å². The van der Waals surface area contributed by atoms with Gasteiger partial charge in [-0.15, -0.1) is 0 Å². The lowest BCUT2D eigenvalue weighted by Gasteiger charge is -2.46. The molecule has 1 aliphatic carbocycles. The van der Waals surface area contributed by atoms with Crippen molar-refractivity contribution in [3.63, 3.8) is 0 Å². The van der Waals surface area contributed by atoms with Crippen molar-refractivity contribution in [3.8, 4) is 0 Å². The first-order valence-corrected chi connectivity index (χ1v) is 10.5. The minimum Gasteiger partial charge on any atom is -0.383 e. The Bertz CT molecular complexity index is 480. The minimum absolute atomic E-state index is 0.0260. The van der Waals surface area contributed by atoms with E-state index in [4.69, 9.17) is 4.74 Å². The van der Waals surface area contributed by atoms with Crippen LogP contribution in [0.3, 0.4) is 0 Å². The molecule has 0 aromatic heterocycles. The third kappa shape index (κ3) is 3.07. The summed E-state index contributed by atoms with van der Waals surface area (Å²) < 4.78 is 31.9. The van der Waals surface area contributed by atoms with E-state index in [-0.39, 0.29) is 11.6 Å². The molecule has 3 fully saturated rings. The van der Waals surface area contributed by atoms with E-state index >= 15 is 0 Å². The fraction of sp³-hybridized carbons (Fsp3) is 1.00.